The Morgan fingerprint density at radius 1 is 0.946 bits per heavy atom. The number of anilines is 2. The van der Waals surface area contributed by atoms with Gasteiger partial charge in [0.25, 0.3) is 0 Å². The second kappa shape index (κ2) is 9.79. The van der Waals surface area contributed by atoms with Gasteiger partial charge in [-0.05, 0) is 36.8 Å². The van der Waals surface area contributed by atoms with Gasteiger partial charge in [-0.25, -0.2) is 14.5 Å². The quantitative estimate of drug-likeness (QED) is 0.411. The number of fused-ring (bicyclic) bond motifs is 2. The lowest BCUT2D eigenvalue weighted by Gasteiger charge is -2.44. The highest BCUT2D eigenvalue weighted by molar-refractivity contribution is 7.18. The van der Waals surface area contributed by atoms with Crippen LogP contribution in [0, 0.1) is 11.8 Å². The SMILES string of the molecule is CNc1nc2ccccc2n1-c1nc(N2CCOCC2)c2nc(CN3CC(C4CCOCC4)C3)sc2n1. The first-order valence-electron chi connectivity index (χ1n) is 13.2. The summed E-state index contributed by atoms with van der Waals surface area (Å²) in [5.74, 6) is 3.83. The monoisotopic (exact) mass is 520 g/mol. The largest absolute Gasteiger partial charge is 0.381 e. The molecule has 0 aliphatic carbocycles. The molecule has 0 atom stereocenters. The topological polar surface area (TPSA) is 93.5 Å². The number of nitrogens with one attached hydrogen (secondary N) is 1. The van der Waals surface area contributed by atoms with Crippen LogP contribution in [0.15, 0.2) is 24.3 Å². The van der Waals surface area contributed by atoms with Crippen LogP contribution in [0.25, 0.3) is 27.3 Å². The van der Waals surface area contributed by atoms with E-state index in [0.29, 0.717) is 19.2 Å². The Bertz CT molecular complexity index is 1400. The van der Waals surface area contributed by atoms with E-state index < -0.39 is 0 Å². The van der Waals surface area contributed by atoms with E-state index in [-0.39, 0.29) is 0 Å². The average Bonchev–Trinajstić information content (AvgIpc) is 3.51. The van der Waals surface area contributed by atoms with E-state index in [1.165, 1.54) is 12.8 Å². The minimum Gasteiger partial charge on any atom is -0.381 e. The van der Waals surface area contributed by atoms with Gasteiger partial charge >= 0.3 is 0 Å². The van der Waals surface area contributed by atoms with E-state index in [1.807, 2.05) is 29.8 Å². The Kier molecular flexibility index (Phi) is 6.16. The number of likely N-dealkylation sites (tertiary alicyclic amines) is 1. The number of nitrogens with zero attached hydrogens (tertiary/aromatic N) is 7. The lowest BCUT2D eigenvalue weighted by Crippen LogP contribution is -2.50. The van der Waals surface area contributed by atoms with Crippen LogP contribution in [0.1, 0.15) is 17.8 Å². The van der Waals surface area contributed by atoms with Crippen molar-refractivity contribution in [3.05, 3.63) is 29.3 Å². The molecular formula is C26H32N8O2S. The van der Waals surface area contributed by atoms with Gasteiger partial charge in [0.1, 0.15) is 10.5 Å². The number of thiazole rings is 1. The van der Waals surface area contributed by atoms with Crippen molar-refractivity contribution in [1.29, 1.82) is 0 Å². The molecule has 4 aromatic rings. The molecule has 7 rings (SSSR count). The third kappa shape index (κ3) is 4.33. The molecule has 3 aliphatic heterocycles. The van der Waals surface area contributed by atoms with Gasteiger partial charge < -0.3 is 19.7 Å². The number of rotatable bonds is 6. The van der Waals surface area contributed by atoms with Crippen molar-refractivity contribution >= 4 is 44.5 Å². The molecule has 3 aromatic heterocycles. The number of benzene rings is 1. The van der Waals surface area contributed by atoms with Crippen molar-refractivity contribution in [2.45, 2.75) is 19.4 Å². The Morgan fingerprint density at radius 2 is 1.73 bits per heavy atom. The fourth-order valence-corrected chi connectivity index (χ4v) is 6.78. The molecule has 11 heteroatoms. The fraction of sp³-hybridized carbons (Fsp3) is 0.538. The first-order valence-corrected chi connectivity index (χ1v) is 14.0. The third-order valence-corrected chi connectivity index (χ3v) is 8.78. The zero-order chi connectivity index (χ0) is 24.8. The number of morpholine rings is 1. The minimum absolute atomic E-state index is 0.616. The van der Waals surface area contributed by atoms with Gasteiger partial charge in [-0.15, -0.1) is 0 Å². The normalized spacial score (nSPS) is 20.1. The van der Waals surface area contributed by atoms with Gasteiger partial charge in [0.05, 0.1) is 30.8 Å². The Morgan fingerprint density at radius 3 is 2.54 bits per heavy atom. The fourth-order valence-electron chi connectivity index (χ4n) is 5.82. The predicted molar refractivity (Wildman–Crippen MR) is 145 cm³/mol. The van der Waals surface area contributed by atoms with Crippen LogP contribution in [0.2, 0.25) is 0 Å². The van der Waals surface area contributed by atoms with Crippen LogP contribution in [-0.2, 0) is 16.0 Å². The summed E-state index contributed by atoms with van der Waals surface area (Å²) in [4.78, 5) is 25.7. The molecule has 3 aliphatic rings. The van der Waals surface area contributed by atoms with Gasteiger partial charge in [0.15, 0.2) is 10.6 Å². The number of hydrogen-bond donors (Lipinski definition) is 1. The lowest BCUT2D eigenvalue weighted by atomic mass is 9.81. The molecule has 194 valence electrons. The van der Waals surface area contributed by atoms with Crippen molar-refractivity contribution in [2.24, 2.45) is 11.8 Å². The number of imidazole rings is 1. The first kappa shape index (κ1) is 23.3. The molecule has 0 unspecified atom stereocenters. The maximum absolute atomic E-state index is 5.63. The van der Waals surface area contributed by atoms with E-state index in [4.69, 9.17) is 29.4 Å². The molecule has 0 spiro atoms. The summed E-state index contributed by atoms with van der Waals surface area (Å²) in [5, 5.41) is 4.32. The highest BCUT2D eigenvalue weighted by Gasteiger charge is 2.34. The van der Waals surface area contributed by atoms with Gasteiger partial charge in [-0.3, -0.25) is 4.90 Å². The van der Waals surface area contributed by atoms with E-state index in [9.17, 15) is 0 Å². The zero-order valence-corrected chi connectivity index (χ0v) is 21.9. The van der Waals surface area contributed by atoms with Crippen molar-refractivity contribution in [1.82, 2.24) is 29.4 Å². The van der Waals surface area contributed by atoms with Gasteiger partial charge in [-0.2, -0.15) is 9.97 Å². The summed E-state index contributed by atoms with van der Waals surface area (Å²) >= 11 is 1.68. The third-order valence-electron chi connectivity index (χ3n) is 7.84. The summed E-state index contributed by atoms with van der Waals surface area (Å²) in [7, 11) is 1.88. The maximum Gasteiger partial charge on any atom is 0.240 e. The number of ether oxygens (including phenoxy) is 2. The molecule has 0 radical (unpaired) electrons. The molecule has 3 fully saturated rings. The number of aromatic nitrogens is 5. The molecule has 1 aromatic carbocycles. The van der Waals surface area contributed by atoms with Crippen LogP contribution in [0.3, 0.4) is 0 Å². The minimum atomic E-state index is 0.616. The van der Waals surface area contributed by atoms with Crippen molar-refractivity contribution in [2.75, 3.05) is 69.9 Å². The Balaban J connectivity index is 1.23. The predicted octanol–water partition coefficient (Wildman–Crippen LogP) is 3.16. The Labute approximate surface area is 219 Å². The molecule has 3 saturated heterocycles. The molecule has 0 saturated carbocycles. The molecular weight excluding hydrogens is 488 g/mol. The zero-order valence-electron chi connectivity index (χ0n) is 21.1. The van der Waals surface area contributed by atoms with Gasteiger partial charge in [0.2, 0.25) is 11.9 Å². The van der Waals surface area contributed by atoms with Crippen molar-refractivity contribution < 1.29 is 9.47 Å². The smallest absolute Gasteiger partial charge is 0.240 e. The molecule has 10 nitrogen and oxygen atoms in total. The second-order valence-corrected chi connectivity index (χ2v) is 11.2. The standard InChI is InChI=1S/C26H32N8O2S/c1-27-25-28-19-4-2-3-5-20(19)34(25)26-30-23(33-8-12-36-13-9-33)22-24(31-26)37-21(29-22)16-32-14-18(15-32)17-6-10-35-11-7-17/h2-5,17-18H,6-16H2,1H3,(H,27,28). The molecule has 1 N–H and O–H groups in total. The molecule has 6 heterocycles. The number of para-hydroxylation sites is 2. The summed E-state index contributed by atoms with van der Waals surface area (Å²) in [6, 6.07) is 8.09. The van der Waals surface area contributed by atoms with Gasteiger partial charge in [-0.1, -0.05) is 23.5 Å². The van der Waals surface area contributed by atoms with Crippen molar-refractivity contribution in [3.8, 4) is 5.95 Å². The van der Waals surface area contributed by atoms with Crippen LogP contribution in [-0.4, -0.2) is 89.1 Å². The summed E-state index contributed by atoms with van der Waals surface area (Å²) in [6.45, 7) is 7.98. The van der Waals surface area contributed by atoms with Gasteiger partial charge in [0, 0.05) is 46.4 Å². The summed E-state index contributed by atoms with van der Waals surface area (Å²) < 4.78 is 13.2. The van der Waals surface area contributed by atoms with E-state index in [0.717, 1.165) is 95.9 Å². The lowest BCUT2D eigenvalue weighted by molar-refractivity contribution is -0.0104. The molecule has 37 heavy (non-hydrogen) atoms. The maximum atomic E-state index is 5.63. The molecule has 0 amide bonds. The molecule has 0 bridgehead atoms. The van der Waals surface area contributed by atoms with Crippen LogP contribution in [0.4, 0.5) is 11.8 Å². The van der Waals surface area contributed by atoms with Crippen LogP contribution in [0.5, 0.6) is 0 Å². The highest BCUT2D eigenvalue weighted by Crippen LogP contribution is 2.35. The van der Waals surface area contributed by atoms with Crippen molar-refractivity contribution in [3.63, 3.8) is 0 Å². The summed E-state index contributed by atoms with van der Waals surface area (Å²) in [5.41, 5.74) is 2.77. The number of hydrogen-bond acceptors (Lipinski definition) is 10. The Hall–Kier alpha value is -2.86. The first-order chi connectivity index (χ1) is 18.3. The summed E-state index contributed by atoms with van der Waals surface area (Å²) in [6.07, 6.45) is 2.41. The second-order valence-electron chi connectivity index (χ2n) is 10.1. The average molecular weight is 521 g/mol. The van der Waals surface area contributed by atoms with Crippen LogP contribution < -0.4 is 10.2 Å². The van der Waals surface area contributed by atoms with E-state index >= 15 is 0 Å². The highest BCUT2D eigenvalue weighted by atomic mass is 32.1. The van der Waals surface area contributed by atoms with Crippen LogP contribution >= 0.6 is 11.3 Å². The van der Waals surface area contributed by atoms with E-state index in [1.54, 1.807) is 11.3 Å². The van der Waals surface area contributed by atoms with E-state index in [2.05, 4.69) is 21.2 Å².